The van der Waals surface area contributed by atoms with Crippen molar-refractivity contribution in [3.8, 4) is 5.75 Å². The molecule has 0 aliphatic carbocycles. The SMILES string of the molecule is COc1ccc(Cl)c(NCCCCc2ccccc2)c1. The van der Waals surface area contributed by atoms with Gasteiger partial charge in [0.15, 0.2) is 0 Å². The van der Waals surface area contributed by atoms with Crippen molar-refractivity contribution in [3.63, 3.8) is 0 Å². The van der Waals surface area contributed by atoms with Crippen molar-refractivity contribution >= 4 is 17.3 Å². The Morgan fingerprint density at radius 3 is 2.60 bits per heavy atom. The number of rotatable bonds is 7. The first-order valence-electron chi connectivity index (χ1n) is 6.91. The summed E-state index contributed by atoms with van der Waals surface area (Å²) in [7, 11) is 1.66. The van der Waals surface area contributed by atoms with E-state index in [0.29, 0.717) is 0 Å². The molecule has 1 N–H and O–H groups in total. The van der Waals surface area contributed by atoms with Crippen LogP contribution in [-0.4, -0.2) is 13.7 Å². The van der Waals surface area contributed by atoms with Crippen LogP contribution in [0.4, 0.5) is 5.69 Å². The van der Waals surface area contributed by atoms with Gasteiger partial charge in [0, 0.05) is 12.6 Å². The van der Waals surface area contributed by atoms with Gasteiger partial charge >= 0.3 is 0 Å². The van der Waals surface area contributed by atoms with E-state index < -0.39 is 0 Å². The molecule has 0 saturated heterocycles. The van der Waals surface area contributed by atoms with Crippen molar-refractivity contribution in [2.45, 2.75) is 19.3 Å². The third-order valence-electron chi connectivity index (χ3n) is 3.22. The van der Waals surface area contributed by atoms with Crippen molar-refractivity contribution < 1.29 is 4.74 Å². The Labute approximate surface area is 125 Å². The maximum absolute atomic E-state index is 6.14. The van der Waals surface area contributed by atoms with E-state index in [4.69, 9.17) is 16.3 Å². The van der Waals surface area contributed by atoms with E-state index in [1.54, 1.807) is 7.11 Å². The molecule has 0 saturated carbocycles. The van der Waals surface area contributed by atoms with Gasteiger partial charge in [-0.3, -0.25) is 0 Å². The molecule has 2 nitrogen and oxygen atoms in total. The number of hydrogen-bond donors (Lipinski definition) is 1. The number of unbranched alkanes of at least 4 members (excludes halogenated alkanes) is 1. The van der Waals surface area contributed by atoms with Crippen LogP contribution in [0.5, 0.6) is 5.75 Å². The first-order valence-corrected chi connectivity index (χ1v) is 7.29. The predicted octanol–water partition coefficient (Wildman–Crippen LogP) is 4.78. The fraction of sp³-hybridized carbons (Fsp3) is 0.294. The van der Waals surface area contributed by atoms with Gasteiger partial charge in [-0.15, -0.1) is 0 Å². The Morgan fingerprint density at radius 1 is 1.05 bits per heavy atom. The maximum Gasteiger partial charge on any atom is 0.121 e. The van der Waals surface area contributed by atoms with Crippen LogP contribution in [-0.2, 0) is 6.42 Å². The van der Waals surface area contributed by atoms with Crippen LogP contribution in [0, 0.1) is 0 Å². The number of methoxy groups -OCH3 is 1. The van der Waals surface area contributed by atoms with Crippen LogP contribution < -0.4 is 10.1 Å². The third-order valence-corrected chi connectivity index (χ3v) is 3.55. The summed E-state index contributed by atoms with van der Waals surface area (Å²) in [4.78, 5) is 0. The molecule has 0 fully saturated rings. The zero-order valence-electron chi connectivity index (χ0n) is 11.7. The lowest BCUT2D eigenvalue weighted by Crippen LogP contribution is -2.03. The molecular formula is C17H20ClNO. The lowest BCUT2D eigenvalue weighted by atomic mass is 10.1. The molecule has 0 radical (unpaired) electrons. The van der Waals surface area contributed by atoms with Crippen LogP contribution in [0.15, 0.2) is 48.5 Å². The second kappa shape index (κ2) is 7.81. The van der Waals surface area contributed by atoms with Crippen LogP contribution in [0.2, 0.25) is 5.02 Å². The van der Waals surface area contributed by atoms with Crippen LogP contribution in [0.3, 0.4) is 0 Å². The van der Waals surface area contributed by atoms with E-state index in [9.17, 15) is 0 Å². The Hall–Kier alpha value is -1.67. The van der Waals surface area contributed by atoms with Gasteiger partial charge in [0.1, 0.15) is 5.75 Å². The smallest absolute Gasteiger partial charge is 0.121 e. The van der Waals surface area contributed by atoms with E-state index >= 15 is 0 Å². The third kappa shape index (κ3) is 4.46. The molecule has 0 aliphatic heterocycles. The van der Waals surface area contributed by atoms with Crippen molar-refractivity contribution in [1.82, 2.24) is 0 Å². The normalized spacial score (nSPS) is 10.3. The minimum atomic E-state index is 0.730. The minimum Gasteiger partial charge on any atom is -0.497 e. The topological polar surface area (TPSA) is 21.3 Å². The van der Waals surface area contributed by atoms with Gasteiger partial charge in [-0.1, -0.05) is 41.9 Å². The highest BCUT2D eigenvalue weighted by atomic mass is 35.5. The number of hydrogen-bond acceptors (Lipinski definition) is 2. The quantitative estimate of drug-likeness (QED) is 0.740. The molecular weight excluding hydrogens is 270 g/mol. The standard InChI is InChI=1S/C17H20ClNO/c1-20-15-10-11-16(18)17(13-15)19-12-6-5-9-14-7-3-2-4-8-14/h2-4,7-8,10-11,13,19H,5-6,9,12H2,1H3. The summed E-state index contributed by atoms with van der Waals surface area (Å²) in [6.45, 7) is 0.916. The summed E-state index contributed by atoms with van der Waals surface area (Å²) >= 11 is 6.14. The van der Waals surface area contributed by atoms with Crippen molar-refractivity contribution in [1.29, 1.82) is 0 Å². The Balaban J connectivity index is 1.73. The summed E-state index contributed by atoms with van der Waals surface area (Å²) in [6.07, 6.45) is 3.40. The summed E-state index contributed by atoms with van der Waals surface area (Å²) < 4.78 is 5.20. The Kier molecular flexibility index (Phi) is 5.75. The molecule has 0 bridgehead atoms. The maximum atomic E-state index is 6.14. The minimum absolute atomic E-state index is 0.730. The molecule has 2 aromatic rings. The van der Waals surface area contributed by atoms with Crippen LogP contribution >= 0.6 is 11.6 Å². The molecule has 0 amide bonds. The van der Waals surface area contributed by atoms with Gasteiger partial charge < -0.3 is 10.1 Å². The second-order valence-corrected chi connectivity index (χ2v) is 5.12. The lowest BCUT2D eigenvalue weighted by Gasteiger charge is -2.10. The monoisotopic (exact) mass is 289 g/mol. The molecule has 2 aromatic carbocycles. The molecule has 0 spiro atoms. The average Bonchev–Trinajstić information content (AvgIpc) is 2.50. The van der Waals surface area contributed by atoms with Crippen molar-refractivity contribution in [2.75, 3.05) is 19.0 Å². The number of ether oxygens (including phenoxy) is 1. The van der Waals surface area contributed by atoms with E-state index in [1.807, 2.05) is 18.2 Å². The Morgan fingerprint density at radius 2 is 1.85 bits per heavy atom. The first kappa shape index (κ1) is 14.7. The highest BCUT2D eigenvalue weighted by Crippen LogP contribution is 2.26. The first-order chi connectivity index (χ1) is 9.79. The Bertz CT molecular complexity index is 528. The summed E-state index contributed by atoms with van der Waals surface area (Å²) in [5, 5.41) is 4.09. The molecule has 0 unspecified atom stereocenters. The molecule has 0 aliphatic rings. The zero-order valence-corrected chi connectivity index (χ0v) is 12.5. The summed E-state index contributed by atoms with van der Waals surface area (Å²) in [5.74, 6) is 0.821. The molecule has 106 valence electrons. The number of aryl methyl sites for hydroxylation is 1. The number of anilines is 1. The molecule has 0 aromatic heterocycles. The highest BCUT2D eigenvalue weighted by Gasteiger charge is 2.01. The van der Waals surface area contributed by atoms with E-state index in [2.05, 4.69) is 35.6 Å². The number of halogens is 1. The fourth-order valence-corrected chi connectivity index (χ4v) is 2.27. The average molecular weight is 290 g/mol. The fourth-order valence-electron chi connectivity index (χ4n) is 2.09. The van der Waals surface area contributed by atoms with Gasteiger partial charge in [0.25, 0.3) is 0 Å². The summed E-state index contributed by atoms with van der Waals surface area (Å²) in [6, 6.07) is 16.2. The van der Waals surface area contributed by atoms with Crippen LogP contribution in [0.1, 0.15) is 18.4 Å². The van der Waals surface area contributed by atoms with Crippen molar-refractivity contribution in [2.24, 2.45) is 0 Å². The zero-order chi connectivity index (χ0) is 14.2. The van der Waals surface area contributed by atoms with E-state index in [1.165, 1.54) is 12.0 Å². The van der Waals surface area contributed by atoms with Crippen molar-refractivity contribution in [3.05, 3.63) is 59.1 Å². The predicted molar refractivity (Wildman–Crippen MR) is 85.9 cm³/mol. The molecule has 2 rings (SSSR count). The van der Waals surface area contributed by atoms with E-state index in [-0.39, 0.29) is 0 Å². The highest BCUT2D eigenvalue weighted by molar-refractivity contribution is 6.33. The second-order valence-electron chi connectivity index (χ2n) is 4.72. The molecule has 20 heavy (non-hydrogen) atoms. The largest absolute Gasteiger partial charge is 0.497 e. The summed E-state index contributed by atoms with van der Waals surface area (Å²) in [5.41, 5.74) is 2.33. The molecule has 0 atom stereocenters. The number of nitrogens with one attached hydrogen (secondary N) is 1. The van der Waals surface area contributed by atoms with Gasteiger partial charge in [-0.2, -0.15) is 0 Å². The molecule has 0 heterocycles. The van der Waals surface area contributed by atoms with Gasteiger partial charge in [0.05, 0.1) is 17.8 Å². The van der Waals surface area contributed by atoms with E-state index in [0.717, 1.165) is 35.8 Å². The van der Waals surface area contributed by atoms with Crippen LogP contribution in [0.25, 0.3) is 0 Å². The van der Waals surface area contributed by atoms with Gasteiger partial charge in [-0.05, 0) is 37.0 Å². The number of benzene rings is 2. The van der Waals surface area contributed by atoms with Gasteiger partial charge in [0.2, 0.25) is 0 Å². The molecule has 3 heteroatoms. The lowest BCUT2D eigenvalue weighted by molar-refractivity contribution is 0.415. The van der Waals surface area contributed by atoms with Gasteiger partial charge in [-0.25, -0.2) is 0 Å².